The predicted octanol–water partition coefficient (Wildman–Crippen LogP) is 3.36. The van der Waals surface area contributed by atoms with Crippen molar-refractivity contribution in [2.75, 3.05) is 23.8 Å². The molecule has 0 bridgehead atoms. The normalized spacial score (nSPS) is 30.7. The first-order chi connectivity index (χ1) is 9.17. The Morgan fingerprint density at radius 2 is 2.37 bits per heavy atom. The van der Waals surface area contributed by atoms with E-state index in [0.29, 0.717) is 10.7 Å². The van der Waals surface area contributed by atoms with Crippen molar-refractivity contribution in [2.45, 2.75) is 31.0 Å². The molecule has 2 fully saturated rings. The van der Waals surface area contributed by atoms with Crippen LogP contribution in [0.4, 0.5) is 5.69 Å². The van der Waals surface area contributed by atoms with Crippen LogP contribution in [0.2, 0.25) is 5.02 Å². The number of ether oxygens (including phenoxy) is 2. The summed E-state index contributed by atoms with van der Waals surface area (Å²) in [6, 6.07) is 5.41. The average molecular weight is 300 g/mol. The number of anilines is 1. The molecule has 1 aromatic carbocycles. The number of nitrogens with two attached hydrogens (primary N) is 1. The molecule has 2 N–H and O–H groups in total. The van der Waals surface area contributed by atoms with Gasteiger partial charge in [-0.05, 0) is 30.4 Å². The molecule has 5 heteroatoms. The fourth-order valence-corrected chi connectivity index (χ4v) is 4.35. The summed E-state index contributed by atoms with van der Waals surface area (Å²) < 4.78 is 12.0. The molecule has 0 radical (unpaired) electrons. The summed E-state index contributed by atoms with van der Waals surface area (Å²) in [6.45, 7) is 0.776. The Kier molecular flexibility index (Phi) is 3.83. The van der Waals surface area contributed by atoms with Crippen molar-refractivity contribution < 1.29 is 9.47 Å². The Morgan fingerprint density at radius 3 is 3.11 bits per heavy atom. The standard InChI is InChI=1S/C14H18ClNO2S/c15-12-7-10(16)1-2-13(12)18-11-3-5-17-14(8-11)4-6-19-9-14/h1-2,7,11H,3-6,8-9,16H2. The predicted molar refractivity (Wildman–Crippen MR) is 80.1 cm³/mol. The fourth-order valence-electron chi connectivity index (χ4n) is 2.74. The van der Waals surface area contributed by atoms with Crippen molar-refractivity contribution in [3.8, 4) is 5.75 Å². The van der Waals surface area contributed by atoms with Gasteiger partial charge in [-0.25, -0.2) is 0 Å². The average Bonchev–Trinajstić information content (AvgIpc) is 2.81. The Bertz CT molecular complexity index is 463. The summed E-state index contributed by atoms with van der Waals surface area (Å²) in [5.74, 6) is 3.00. The number of hydrogen-bond donors (Lipinski definition) is 1. The van der Waals surface area contributed by atoms with Crippen LogP contribution in [0, 0.1) is 0 Å². The van der Waals surface area contributed by atoms with E-state index in [4.69, 9.17) is 26.8 Å². The van der Waals surface area contributed by atoms with Crippen LogP contribution >= 0.6 is 23.4 Å². The molecule has 19 heavy (non-hydrogen) atoms. The van der Waals surface area contributed by atoms with E-state index < -0.39 is 0 Å². The summed E-state index contributed by atoms with van der Waals surface area (Å²) in [5.41, 5.74) is 6.39. The van der Waals surface area contributed by atoms with Crippen LogP contribution in [-0.4, -0.2) is 29.8 Å². The number of hydrogen-bond acceptors (Lipinski definition) is 4. The smallest absolute Gasteiger partial charge is 0.138 e. The lowest BCUT2D eigenvalue weighted by Crippen LogP contribution is -2.43. The molecule has 3 nitrogen and oxygen atoms in total. The van der Waals surface area contributed by atoms with Crippen molar-refractivity contribution in [2.24, 2.45) is 0 Å². The van der Waals surface area contributed by atoms with E-state index in [1.54, 1.807) is 6.07 Å². The van der Waals surface area contributed by atoms with Crippen molar-refractivity contribution in [1.29, 1.82) is 0 Å². The molecule has 3 rings (SSSR count). The third kappa shape index (κ3) is 2.96. The highest BCUT2D eigenvalue weighted by Crippen LogP contribution is 2.40. The van der Waals surface area contributed by atoms with Crippen molar-refractivity contribution in [3.05, 3.63) is 23.2 Å². The van der Waals surface area contributed by atoms with E-state index in [0.717, 1.165) is 37.4 Å². The van der Waals surface area contributed by atoms with Crippen LogP contribution in [-0.2, 0) is 4.74 Å². The van der Waals surface area contributed by atoms with E-state index in [1.165, 1.54) is 5.75 Å². The second-order valence-corrected chi connectivity index (χ2v) is 6.77. The van der Waals surface area contributed by atoms with Gasteiger partial charge in [0.05, 0.1) is 17.2 Å². The first kappa shape index (κ1) is 13.4. The third-order valence-corrected chi connectivity index (χ3v) is 5.28. The molecule has 2 saturated heterocycles. The molecule has 104 valence electrons. The first-order valence-electron chi connectivity index (χ1n) is 6.60. The van der Waals surface area contributed by atoms with Crippen LogP contribution in [0.3, 0.4) is 0 Å². The number of halogens is 1. The molecular formula is C14H18ClNO2S. The Morgan fingerprint density at radius 1 is 1.47 bits per heavy atom. The van der Waals surface area contributed by atoms with Gasteiger partial charge in [-0.1, -0.05) is 11.6 Å². The van der Waals surface area contributed by atoms with Crippen LogP contribution in [0.25, 0.3) is 0 Å². The molecule has 0 aromatic heterocycles. The Labute approximate surface area is 122 Å². The lowest BCUT2D eigenvalue weighted by Gasteiger charge is -2.37. The number of benzene rings is 1. The van der Waals surface area contributed by atoms with E-state index in [2.05, 4.69) is 0 Å². The minimum Gasteiger partial charge on any atom is -0.489 e. The topological polar surface area (TPSA) is 44.5 Å². The van der Waals surface area contributed by atoms with Gasteiger partial charge < -0.3 is 15.2 Å². The summed E-state index contributed by atoms with van der Waals surface area (Å²) in [4.78, 5) is 0. The molecule has 0 saturated carbocycles. The van der Waals surface area contributed by atoms with E-state index >= 15 is 0 Å². The lowest BCUT2D eigenvalue weighted by molar-refractivity contribution is -0.0958. The third-order valence-electron chi connectivity index (χ3n) is 3.76. The van der Waals surface area contributed by atoms with Gasteiger partial charge >= 0.3 is 0 Å². The van der Waals surface area contributed by atoms with E-state index in [-0.39, 0.29) is 11.7 Å². The Balaban J connectivity index is 1.69. The fraction of sp³-hybridized carbons (Fsp3) is 0.571. The molecule has 1 spiro atoms. The molecule has 2 aliphatic rings. The maximum atomic E-state index is 6.16. The SMILES string of the molecule is Nc1ccc(OC2CCOC3(CCSC3)C2)c(Cl)c1. The largest absolute Gasteiger partial charge is 0.489 e. The minimum absolute atomic E-state index is 0.0356. The van der Waals surface area contributed by atoms with Gasteiger partial charge in [-0.2, -0.15) is 11.8 Å². The highest BCUT2D eigenvalue weighted by molar-refractivity contribution is 7.99. The van der Waals surface area contributed by atoms with Crippen LogP contribution in [0.1, 0.15) is 19.3 Å². The molecule has 0 aliphatic carbocycles. The molecule has 2 aliphatic heterocycles. The zero-order valence-corrected chi connectivity index (χ0v) is 12.3. The van der Waals surface area contributed by atoms with Crippen molar-refractivity contribution in [1.82, 2.24) is 0 Å². The van der Waals surface area contributed by atoms with Gasteiger partial charge in [0, 0.05) is 24.3 Å². The monoisotopic (exact) mass is 299 g/mol. The lowest BCUT2D eigenvalue weighted by atomic mass is 9.91. The number of thioether (sulfide) groups is 1. The van der Waals surface area contributed by atoms with E-state index in [9.17, 15) is 0 Å². The molecule has 2 heterocycles. The quantitative estimate of drug-likeness (QED) is 0.851. The van der Waals surface area contributed by atoms with Gasteiger partial charge in [-0.15, -0.1) is 0 Å². The molecule has 2 atom stereocenters. The number of rotatable bonds is 2. The van der Waals surface area contributed by atoms with Crippen LogP contribution < -0.4 is 10.5 Å². The zero-order valence-electron chi connectivity index (χ0n) is 10.7. The first-order valence-corrected chi connectivity index (χ1v) is 8.14. The highest BCUT2D eigenvalue weighted by Gasteiger charge is 2.41. The van der Waals surface area contributed by atoms with Gasteiger partial charge in [0.2, 0.25) is 0 Å². The van der Waals surface area contributed by atoms with Crippen molar-refractivity contribution >= 4 is 29.1 Å². The molecular weight excluding hydrogens is 282 g/mol. The summed E-state index contributed by atoms with van der Waals surface area (Å²) in [5, 5.41) is 0.585. The van der Waals surface area contributed by atoms with Gasteiger partial charge in [0.1, 0.15) is 11.9 Å². The zero-order chi connectivity index (χ0) is 13.3. The van der Waals surface area contributed by atoms with Gasteiger partial charge in [0.15, 0.2) is 0 Å². The van der Waals surface area contributed by atoms with Crippen LogP contribution in [0.15, 0.2) is 18.2 Å². The Hall–Kier alpha value is -0.580. The van der Waals surface area contributed by atoms with E-state index in [1.807, 2.05) is 23.9 Å². The second-order valence-electron chi connectivity index (χ2n) is 5.26. The highest BCUT2D eigenvalue weighted by atomic mass is 35.5. The second kappa shape index (κ2) is 5.43. The molecule has 1 aromatic rings. The maximum Gasteiger partial charge on any atom is 0.138 e. The van der Waals surface area contributed by atoms with Crippen LogP contribution in [0.5, 0.6) is 5.75 Å². The van der Waals surface area contributed by atoms with Gasteiger partial charge in [-0.3, -0.25) is 0 Å². The van der Waals surface area contributed by atoms with Gasteiger partial charge in [0.25, 0.3) is 0 Å². The summed E-state index contributed by atoms with van der Waals surface area (Å²) in [7, 11) is 0. The van der Waals surface area contributed by atoms with Crippen molar-refractivity contribution in [3.63, 3.8) is 0 Å². The minimum atomic E-state index is 0.0356. The maximum absolute atomic E-state index is 6.16. The molecule has 0 amide bonds. The number of nitrogen functional groups attached to an aromatic ring is 1. The molecule has 2 unspecified atom stereocenters. The summed E-state index contributed by atoms with van der Waals surface area (Å²) >= 11 is 8.13. The summed E-state index contributed by atoms with van der Waals surface area (Å²) in [6.07, 6.45) is 3.20.